The maximum Gasteiger partial charge on any atom is 0.185 e. The van der Waals surface area contributed by atoms with Crippen molar-refractivity contribution in [3.8, 4) is 22.6 Å². The molecular formula is C19H11F2N5. The van der Waals surface area contributed by atoms with Gasteiger partial charge < -0.3 is 4.98 Å². The van der Waals surface area contributed by atoms with Crippen molar-refractivity contribution in [3.63, 3.8) is 0 Å². The number of aromatic nitrogens is 5. The van der Waals surface area contributed by atoms with Gasteiger partial charge in [0, 0.05) is 28.2 Å². The summed E-state index contributed by atoms with van der Waals surface area (Å²) in [5.74, 6) is -1.49. The predicted molar refractivity (Wildman–Crippen MR) is 93.4 cm³/mol. The molecule has 0 aliphatic heterocycles. The van der Waals surface area contributed by atoms with Crippen molar-refractivity contribution in [3.05, 3.63) is 72.4 Å². The molecule has 5 aromatic rings. The molecule has 5 nitrogen and oxygen atoms in total. The van der Waals surface area contributed by atoms with Crippen LogP contribution in [0.2, 0.25) is 0 Å². The van der Waals surface area contributed by atoms with E-state index < -0.39 is 11.6 Å². The van der Waals surface area contributed by atoms with Gasteiger partial charge in [0.05, 0.1) is 5.69 Å². The quantitative estimate of drug-likeness (QED) is 0.520. The number of hydrogen-bond donors (Lipinski definition) is 1. The summed E-state index contributed by atoms with van der Waals surface area (Å²) < 4.78 is 28.3. The number of rotatable bonds is 2. The lowest BCUT2D eigenvalue weighted by atomic mass is 10.1. The maximum absolute atomic E-state index is 13.6. The van der Waals surface area contributed by atoms with E-state index in [1.165, 1.54) is 10.6 Å². The van der Waals surface area contributed by atoms with Crippen molar-refractivity contribution in [2.24, 2.45) is 0 Å². The molecule has 2 aromatic carbocycles. The second-order valence-corrected chi connectivity index (χ2v) is 5.92. The summed E-state index contributed by atoms with van der Waals surface area (Å²) in [6.07, 6.45) is 1.88. The van der Waals surface area contributed by atoms with Crippen molar-refractivity contribution in [2.75, 3.05) is 0 Å². The van der Waals surface area contributed by atoms with Crippen LogP contribution in [0.1, 0.15) is 0 Å². The Bertz CT molecular complexity index is 1270. The van der Waals surface area contributed by atoms with E-state index in [0.29, 0.717) is 17.0 Å². The Morgan fingerprint density at radius 3 is 2.58 bits per heavy atom. The van der Waals surface area contributed by atoms with Crippen molar-refractivity contribution in [1.82, 2.24) is 24.8 Å². The fraction of sp³-hybridized carbons (Fsp3) is 0. The summed E-state index contributed by atoms with van der Waals surface area (Å²) in [6, 6.07) is 15.2. The monoisotopic (exact) mass is 347 g/mol. The summed E-state index contributed by atoms with van der Waals surface area (Å²) >= 11 is 0. The summed E-state index contributed by atoms with van der Waals surface area (Å²) in [5, 5.41) is 13.8. The van der Waals surface area contributed by atoms with Crippen LogP contribution in [-0.4, -0.2) is 24.8 Å². The molecule has 5 rings (SSSR count). The molecule has 3 heterocycles. The number of nitrogens with zero attached hydrogens (tertiary/aromatic N) is 4. The second kappa shape index (κ2) is 5.45. The van der Waals surface area contributed by atoms with Crippen LogP contribution in [0.3, 0.4) is 0 Å². The molecule has 0 amide bonds. The highest BCUT2D eigenvalue weighted by Gasteiger charge is 2.13. The number of aromatic amines is 1. The molecular weight excluding hydrogens is 336 g/mol. The number of halogens is 2. The Morgan fingerprint density at radius 2 is 1.69 bits per heavy atom. The van der Waals surface area contributed by atoms with Crippen molar-refractivity contribution in [2.45, 2.75) is 0 Å². The van der Waals surface area contributed by atoms with Gasteiger partial charge in [0.25, 0.3) is 0 Å². The molecule has 7 heteroatoms. The third-order valence-corrected chi connectivity index (χ3v) is 4.29. The van der Waals surface area contributed by atoms with Crippen LogP contribution in [0.15, 0.2) is 60.8 Å². The standard InChI is InChI=1S/C19H11F2N5/c20-14-3-1-13(10-15(14)21)19-24-23-18-6-5-17(25-26(18)19)11-2-4-16-12(9-11)7-8-22-16/h1-10,22H. The highest BCUT2D eigenvalue weighted by molar-refractivity contribution is 5.84. The van der Waals surface area contributed by atoms with Gasteiger partial charge in [-0.25, -0.2) is 8.78 Å². The van der Waals surface area contributed by atoms with Crippen LogP contribution in [0, 0.1) is 11.6 Å². The van der Waals surface area contributed by atoms with Crippen LogP contribution < -0.4 is 0 Å². The molecule has 26 heavy (non-hydrogen) atoms. The summed E-state index contributed by atoms with van der Waals surface area (Å²) in [6.45, 7) is 0. The minimum atomic E-state index is -0.937. The first-order valence-corrected chi connectivity index (χ1v) is 7.94. The van der Waals surface area contributed by atoms with Crippen molar-refractivity contribution >= 4 is 16.6 Å². The van der Waals surface area contributed by atoms with Gasteiger partial charge in [-0.2, -0.15) is 9.61 Å². The van der Waals surface area contributed by atoms with Gasteiger partial charge in [0.1, 0.15) is 0 Å². The summed E-state index contributed by atoms with van der Waals surface area (Å²) in [5.41, 5.74) is 3.63. The molecule has 0 saturated heterocycles. The Balaban J connectivity index is 1.67. The van der Waals surface area contributed by atoms with E-state index in [-0.39, 0.29) is 0 Å². The molecule has 0 spiro atoms. The van der Waals surface area contributed by atoms with Gasteiger partial charge in [-0.1, -0.05) is 6.07 Å². The Labute approximate surface area is 145 Å². The van der Waals surface area contributed by atoms with Crippen molar-refractivity contribution in [1.29, 1.82) is 0 Å². The van der Waals surface area contributed by atoms with Gasteiger partial charge in [-0.15, -0.1) is 10.2 Å². The number of fused-ring (bicyclic) bond motifs is 2. The molecule has 0 unspecified atom stereocenters. The second-order valence-electron chi connectivity index (χ2n) is 5.92. The molecule has 1 N–H and O–H groups in total. The molecule has 0 bridgehead atoms. The van der Waals surface area contributed by atoms with E-state index in [1.54, 1.807) is 6.07 Å². The Kier molecular flexibility index (Phi) is 3.08. The first-order valence-electron chi connectivity index (χ1n) is 7.94. The van der Waals surface area contributed by atoms with Crippen LogP contribution in [-0.2, 0) is 0 Å². The average Bonchev–Trinajstić information content (AvgIpc) is 3.29. The van der Waals surface area contributed by atoms with E-state index in [1.807, 2.05) is 36.5 Å². The fourth-order valence-corrected chi connectivity index (χ4v) is 2.97. The summed E-state index contributed by atoms with van der Waals surface area (Å²) in [7, 11) is 0. The molecule has 0 atom stereocenters. The van der Waals surface area contributed by atoms with E-state index in [0.717, 1.165) is 34.3 Å². The molecule has 0 aliphatic carbocycles. The highest BCUT2D eigenvalue weighted by atomic mass is 19.2. The zero-order valence-electron chi connectivity index (χ0n) is 13.3. The van der Waals surface area contributed by atoms with Gasteiger partial charge in [-0.05, 0) is 48.5 Å². The normalized spacial score (nSPS) is 11.5. The zero-order valence-corrected chi connectivity index (χ0v) is 13.3. The molecule has 0 fully saturated rings. The van der Waals surface area contributed by atoms with Crippen LogP contribution in [0.25, 0.3) is 39.2 Å². The predicted octanol–water partition coefficient (Wildman–Crippen LogP) is 4.22. The minimum Gasteiger partial charge on any atom is -0.361 e. The van der Waals surface area contributed by atoms with E-state index in [4.69, 9.17) is 0 Å². The third kappa shape index (κ3) is 2.25. The van der Waals surface area contributed by atoms with E-state index >= 15 is 0 Å². The SMILES string of the molecule is Fc1ccc(-c2nnc3ccc(-c4ccc5[nH]ccc5c4)nn23)cc1F. The van der Waals surface area contributed by atoms with Gasteiger partial charge in [0.15, 0.2) is 23.1 Å². The topological polar surface area (TPSA) is 58.9 Å². The fourth-order valence-electron chi connectivity index (χ4n) is 2.97. The average molecular weight is 347 g/mol. The largest absolute Gasteiger partial charge is 0.361 e. The van der Waals surface area contributed by atoms with Crippen LogP contribution >= 0.6 is 0 Å². The number of nitrogens with one attached hydrogen (secondary N) is 1. The first kappa shape index (κ1) is 14.7. The van der Waals surface area contributed by atoms with Gasteiger partial charge in [0.2, 0.25) is 0 Å². The smallest absolute Gasteiger partial charge is 0.185 e. The van der Waals surface area contributed by atoms with Crippen LogP contribution in [0.5, 0.6) is 0 Å². The zero-order chi connectivity index (χ0) is 17.7. The van der Waals surface area contributed by atoms with Gasteiger partial charge in [-0.3, -0.25) is 0 Å². The van der Waals surface area contributed by atoms with Crippen LogP contribution in [0.4, 0.5) is 8.78 Å². The van der Waals surface area contributed by atoms with Gasteiger partial charge >= 0.3 is 0 Å². The number of hydrogen-bond acceptors (Lipinski definition) is 3. The van der Waals surface area contributed by atoms with E-state index in [9.17, 15) is 8.78 Å². The molecule has 0 aliphatic rings. The number of H-pyrrole nitrogens is 1. The number of benzene rings is 2. The van der Waals surface area contributed by atoms with E-state index in [2.05, 4.69) is 20.3 Å². The Hall–Kier alpha value is -3.61. The molecule has 3 aromatic heterocycles. The lowest BCUT2D eigenvalue weighted by Crippen LogP contribution is -1.98. The lowest BCUT2D eigenvalue weighted by Gasteiger charge is -2.04. The minimum absolute atomic E-state index is 0.350. The van der Waals surface area contributed by atoms with Crippen molar-refractivity contribution < 1.29 is 8.78 Å². The third-order valence-electron chi connectivity index (χ3n) is 4.29. The Morgan fingerprint density at radius 1 is 0.808 bits per heavy atom. The molecule has 0 saturated carbocycles. The molecule has 126 valence electrons. The lowest BCUT2D eigenvalue weighted by molar-refractivity contribution is 0.509. The maximum atomic E-state index is 13.6. The molecule has 0 radical (unpaired) electrons. The highest BCUT2D eigenvalue weighted by Crippen LogP contribution is 2.25. The first-order chi connectivity index (χ1) is 12.7. The summed E-state index contributed by atoms with van der Waals surface area (Å²) in [4.78, 5) is 3.15.